The molecule has 0 unspecified atom stereocenters. The Hall–Kier alpha value is -2.83. The third-order valence-electron chi connectivity index (χ3n) is 2.90. The Kier molecular flexibility index (Phi) is 3.93. The zero-order chi connectivity index (χ0) is 15.6. The number of urea groups is 1. The smallest absolute Gasteiger partial charge is 0.292 e. The van der Waals surface area contributed by atoms with E-state index in [9.17, 15) is 23.6 Å². The highest BCUT2D eigenvalue weighted by Gasteiger charge is 2.44. The van der Waals surface area contributed by atoms with Gasteiger partial charge in [-0.2, -0.15) is 0 Å². The van der Waals surface area contributed by atoms with Crippen LogP contribution in [0, 0.1) is 5.82 Å². The Morgan fingerprint density at radius 2 is 1.86 bits per heavy atom. The van der Waals surface area contributed by atoms with E-state index in [-0.39, 0.29) is 12.1 Å². The molecular formula is C14H11FN2O4. The first-order chi connectivity index (χ1) is 9.95. The molecule has 1 aliphatic heterocycles. The number of imide groups is 2. The summed E-state index contributed by atoms with van der Waals surface area (Å²) in [6.45, 7) is 2.65. The van der Waals surface area contributed by atoms with Crippen molar-refractivity contribution < 1.29 is 23.6 Å². The van der Waals surface area contributed by atoms with Gasteiger partial charge < -0.3 is 0 Å². The molecule has 4 amide bonds. The van der Waals surface area contributed by atoms with Gasteiger partial charge in [-0.05, 0) is 12.1 Å². The van der Waals surface area contributed by atoms with Crippen LogP contribution in [-0.4, -0.2) is 46.5 Å². The first-order valence-electron chi connectivity index (χ1n) is 6.02. The summed E-state index contributed by atoms with van der Waals surface area (Å²) < 4.78 is 13.0. The molecule has 1 fully saturated rings. The van der Waals surface area contributed by atoms with Crippen molar-refractivity contribution in [2.75, 3.05) is 13.1 Å². The second-order valence-electron chi connectivity index (χ2n) is 4.31. The van der Waals surface area contributed by atoms with Crippen molar-refractivity contribution in [3.05, 3.63) is 48.3 Å². The minimum absolute atomic E-state index is 0.0187. The van der Waals surface area contributed by atoms with E-state index in [0.29, 0.717) is 9.80 Å². The SMILES string of the molecule is C=CCN1C(=O)C(=O)N(CC(=O)c2cccc(F)c2)C1=O. The van der Waals surface area contributed by atoms with Gasteiger partial charge in [0.1, 0.15) is 5.82 Å². The first-order valence-corrected chi connectivity index (χ1v) is 6.02. The lowest BCUT2D eigenvalue weighted by Gasteiger charge is -2.13. The van der Waals surface area contributed by atoms with E-state index in [1.54, 1.807) is 0 Å². The molecule has 0 N–H and O–H groups in total. The number of carbonyl (C=O) groups excluding carboxylic acids is 4. The average molecular weight is 290 g/mol. The van der Waals surface area contributed by atoms with Crippen molar-refractivity contribution >= 4 is 23.6 Å². The Morgan fingerprint density at radius 3 is 2.48 bits per heavy atom. The molecule has 0 atom stereocenters. The molecule has 0 aliphatic carbocycles. The fraction of sp³-hybridized carbons (Fsp3) is 0.143. The third kappa shape index (κ3) is 2.71. The van der Waals surface area contributed by atoms with Crippen molar-refractivity contribution in [1.29, 1.82) is 0 Å². The summed E-state index contributed by atoms with van der Waals surface area (Å²) in [5.41, 5.74) is 0.0187. The fourth-order valence-electron chi connectivity index (χ4n) is 1.88. The number of amides is 4. The van der Waals surface area contributed by atoms with Crippen LogP contribution in [0.2, 0.25) is 0 Å². The van der Waals surface area contributed by atoms with Gasteiger partial charge in [0.05, 0.1) is 6.54 Å². The van der Waals surface area contributed by atoms with Crippen molar-refractivity contribution in [3.8, 4) is 0 Å². The predicted octanol–water partition coefficient (Wildman–Crippen LogP) is 0.985. The molecule has 2 rings (SSSR count). The van der Waals surface area contributed by atoms with Crippen LogP contribution >= 0.6 is 0 Å². The largest absolute Gasteiger partial charge is 0.334 e. The molecule has 108 valence electrons. The second-order valence-corrected chi connectivity index (χ2v) is 4.31. The van der Waals surface area contributed by atoms with Gasteiger partial charge >= 0.3 is 17.8 Å². The molecule has 0 radical (unpaired) electrons. The van der Waals surface area contributed by atoms with Gasteiger partial charge in [-0.3, -0.25) is 19.3 Å². The number of nitrogens with zero attached hydrogens (tertiary/aromatic N) is 2. The molecule has 0 bridgehead atoms. The lowest BCUT2D eigenvalue weighted by Crippen LogP contribution is -2.37. The molecule has 6 nitrogen and oxygen atoms in total. The monoisotopic (exact) mass is 290 g/mol. The van der Waals surface area contributed by atoms with Gasteiger partial charge in [0, 0.05) is 12.1 Å². The number of hydrogen-bond donors (Lipinski definition) is 0. The van der Waals surface area contributed by atoms with Crippen LogP contribution < -0.4 is 0 Å². The van der Waals surface area contributed by atoms with Crippen LogP contribution in [0.5, 0.6) is 0 Å². The van der Waals surface area contributed by atoms with Crippen molar-refractivity contribution in [2.45, 2.75) is 0 Å². The summed E-state index contributed by atoms with van der Waals surface area (Å²) >= 11 is 0. The zero-order valence-electron chi connectivity index (χ0n) is 10.9. The molecule has 1 saturated heterocycles. The maximum absolute atomic E-state index is 13.0. The third-order valence-corrected chi connectivity index (χ3v) is 2.90. The zero-order valence-corrected chi connectivity index (χ0v) is 10.9. The first kappa shape index (κ1) is 14.6. The highest BCUT2D eigenvalue weighted by Crippen LogP contribution is 2.13. The Bertz CT molecular complexity index is 656. The minimum Gasteiger partial charge on any atom is -0.292 e. The van der Waals surface area contributed by atoms with E-state index in [1.165, 1.54) is 18.2 Å². The van der Waals surface area contributed by atoms with Crippen LogP contribution in [0.3, 0.4) is 0 Å². The molecule has 0 aromatic heterocycles. The quantitative estimate of drug-likeness (QED) is 0.351. The Labute approximate surface area is 119 Å². The Balaban J connectivity index is 2.18. The van der Waals surface area contributed by atoms with Crippen molar-refractivity contribution in [1.82, 2.24) is 9.80 Å². The molecule has 0 spiro atoms. The number of carbonyl (C=O) groups is 4. The molecule has 7 heteroatoms. The Morgan fingerprint density at radius 1 is 1.19 bits per heavy atom. The molecule has 0 saturated carbocycles. The van der Waals surface area contributed by atoms with Crippen LogP contribution in [-0.2, 0) is 9.59 Å². The average Bonchev–Trinajstić information content (AvgIpc) is 2.65. The summed E-state index contributed by atoms with van der Waals surface area (Å²) in [6, 6.07) is 3.98. The number of ketones is 1. The minimum atomic E-state index is -1.08. The maximum Gasteiger partial charge on any atom is 0.334 e. The van der Waals surface area contributed by atoms with Crippen molar-refractivity contribution in [2.24, 2.45) is 0 Å². The van der Waals surface area contributed by atoms with E-state index >= 15 is 0 Å². The van der Waals surface area contributed by atoms with Gasteiger partial charge in [0.15, 0.2) is 5.78 Å². The van der Waals surface area contributed by atoms with E-state index < -0.39 is 36.0 Å². The molecule has 21 heavy (non-hydrogen) atoms. The number of hydrogen-bond acceptors (Lipinski definition) is 4. The van der Waals surface area contributed by atoms with E-state index in [0.717, 1.165) is 12.1 Å². The van der Waals surface area contributed by atoms with Crippen molar-refractivity contribution in [3.63, 3.8) is 0 Å². The van der Waals surface area contributed by atoms with Crippen LogP contribution in [0.25, 0.3) is 0 Å². The summed E-state index contributed by atoms with van der Waals surface area (Å²) in [5, 5.41) is 0. The molecule has 1 aromatic carbocycles. The summed E-state index contributed by atoms with van der Waals surface area (Å²) in [6.07, 6.45) is 1.29. The number of rotatable bonds is 5. The van der Waals surface area contributed by atoms with Gasteiger partial charge in [-0.1, -0.05) is 18.2 Å². The fourth-order valence-corrected chi connectivity index (χ4v) is 1.88. The van der Waals surface area contributed by atoms with E-state index in [1.807, 2.05) is 0 Å². The van der Waals surface area contributed by atoms with E-state index in [4.69, 9.17) is 0 Å². The van der Waals surface area contributed by atoms with Crippen LogP contribution in [0.1, 0.15) is 10.4 Å². The highest BCUT2D eigenvalue weighted by molar-refractivity contribution is 6.45. The summed E-state index contributed by atoms with van der Waals surface area (Å²) in [4.78, 5) is 48.3. The van der Waals surface area contributed by atoms with Gasteiger partial charge in [0.25, 0.3) is 0 Å². The molecule has 1 aliphatic rings. The van der Waals surface area contributed by atoms with Crippen LogP contribution in [0.15, 0.2) is 36.9 Å². The maximum atomic E-state index is 13.0. The normalized spacial score (nSPS) is 14.8. The number of benzene rings is 1. The molecular weight excluding hydrogens is 279 g/mol. The van der Waals surface area contributed by atoms with Gasteiger partial charge in [-0.25, -0.2) is 14.1 Å². The second kappa shape index (κ2) is 5.66. The summed E-state index contributed by atoms with van der Waals surface area (Å²) in [7, 11) is 0. The molecule has 1 heterocycles. The lowest BCUT2D eigenvalue weighted by molar-refractivity contribution is -0.142. The van der Waals surface area contributed by atoms with Crippen LogP contribution in [0.4, 0.5) is 9.18 Å². The summed E-state index contributed by atoms with van der Waals surface area (Å²) in [5.74, 6) is -3.33. The lowest BCUT2D eigenvalue weighted by atomic mass is 10.1. The topological polar surface area (TPSA) is 74.8 Å². The molecule has 1 aromatic rings. The van der Waals surface area contributed by atoms with Gasteiger partial charge in [0.2, 0.25) is 0 Å². The standard InChI is InChI=1S/C14H11FN2O4/c1-2-6-16-12(19)13(20)17(14(16)21)8-11(18)9-4-3-5-10(15)7-9/h2-5,7H,1,6,8H2. The van der Waals surface area contributed by atoms with Gasteiger partial charge in [-0.15, -0.1) is 6.58 Å². The van der Waals surface area contributed by atoms with E-state index in [2.05, 4.69) is 6.58 Å². The number of Topliss-reactive ketones (excluding diaryl/α,β-unsaturated/α-hetero) is 1. The number of halogens is 1. The predicted molar refractivity (Wildman–Crippen MR) is 69.7 cm³/mol. The highest BCUT2D eigenvalue weighted by atomic mass is 19.1.